The third-order valence-electron chi connectivity index (χ3n) is 3.63. The molecule has 0 spiro atoms. The van der Waals surface area contributed by atoms with Gasteiger partial charge < -0.3 is 5.73 Å². The second-order valence-electron chi connectivity index (χ2n) is 5.31. The molecule has 0 bridgehead atoms. The van der Waals surface area contributed by atoms with E-state index < -0.39 is 0 Å². The summed E-state index contributed by atoms with van der Waals surface area (Å²) in [5.41, 5.74) is 7.63. The first-order chi connectivity index (χ1) is 8.58. The zero-order valence-electron chi connectivity index (χ0n) is 11.2. The van der Waals surface area contributed by atoms with Crippen LogP contribution >= 0.6 is 11.8 Å². The summed E-state index contributed by atoms with van der Waals surface area (Å²) in [6.07, 6.45) is 6.56. The van der Waals surface area contributed by atoms with Crippen molar-refractivity contribution in [2.75, 3.05) is 0 Å². The number of hydrogen-bond donors (Lipinski definition) is 1. The number of hydrogen-bond acceptors (Lipinski definition) is 2. The molecule has 1 aromatic rings. The lowest BCUT2D eigenvalue weighted by atomic mass is 10.0. The van der Waals surface area contributed by atoms with Crippen molar-refractivity contribution in [1.29, 1.82) is 0 Å². The van der Waals surface area contributed by atoms with Crippen LogP contribution in [0.5, 0.6) is 0 Å². The van der Waals surface area contributed by atoms with Crippen molar-refractivity contribution in [1.82, 2.24) is 0 Å². The highest BCUT2D eigenvalue weighted by atomic mass is 32.2. The molecule has 0 amide bonds. The van der Waals surface area contributed by atoms with Gasteiger partial charge in [0.25, 0.3) is 0 Å². The van der Waals surface area contributed by atoms with Gasteiger partial charge >= 0.3 is 0 Å². The minimum absolute atomic E-state index is 0.105. The molecule has 1 atom stereocenters. The maximum absolute atomic E-state index is 13.6. The summed E-state index contributed by atoms with van der Waals surface area (Å²) in [6, 6.07) is 3.48. The van der Waals surface area contributed by atoms with Gasteiger partial charge in [0.2, 0.25) is 0 Å². The molecule has 100 valence electrons. The van der Waals surface area contributed by atoms with Crippen molar-refractivity contribution < 1.29 is 4.39 Å². The van der Waals surface area contributed by atoms with Crippen LogP contribution in [0.25, 0.3) is 0 Å². The largest absolute Gasteiger partial charge is 0.324 e. The topological polar surface area (TPSA) is 26.0 Å². The van der Waals surface area contributed by atoms with Gasteiger partial charge in [-0.3, -0.25) is 0 Å². The van der Waals surface area contributed by atoms with E-state index in [0.717, 1.165) is 11.1 Å². The Hall–Kier alpha value is -0.540. The fourth-order valence-electron chi connectivity index (χ4n) is 2.49. The average molecular weight is 267 g/mol. The van der Waals surface area contributed by atoms with E-state index in [1.165, 1.54) is 37.0 Å². The second-order valence-corrected chi connectivity index (χ2v) is 6.65. The first-order valence-electron chi connectivity index (χ1n) is 6.80. The molecule has 1 nitrogen and oxygen atoms in total. The van der Waals surface area contributed by atoms with E-state index in [0.29, 0.717) is 5.25 Å². The molecule has 0 radical (unpaired) electrons. The predicted octanol–water partition coefficient (Wildman–Crippen LogP) is 4.58. The van der Waals surface area contributed by atoms with Crippen LogP contribution in [0.2, 0.25) is 0 Å². The van der Waals surface area contributed by atoms with Crippen molar-refractivity contribution >= 4 is 11.8 Å². The third-order valence-corrected chi connectivity index (χ3v) is 5.04. The zero-order valence-corrected chi connectivity index (χ0v) is 12.0. The summed E-state index contributed by atoms with van der Waals surface area (Å²) < 4.78 is 13.6. The number of benzene rings is 1. The monoisotopic (exact) mass is 267 g/mol. The van der Waals surface area contributed by atoms with Gasteiger partial charge in [0.1, 0.15) is 5.82 Å². The fourth-order valence-corrected chi connectivity index (χ4v) is 4.04. The normalized spacial score (nSPS) is 18.9. The summed E-state index contributed by atoms with van der Waals surface area (Å²) in [6.45, 7) is 3.75. The highest BCUT2D eigenvalue weighted by Crippen LogP contribution is 2.37. The van der Waals surface area contributed by atoms with E-state index in [-0.39, 0.29) is 11.9 Å². The molecule has 2 N–H and O–H groups in total. The summed E-state index contributed by atoms with van der Waals surface area (Å²) in [5.74, 6) is -0.143. The minimum atomic E-state index is -0.143. The van der Waals surface area contributed by atoms with Crippen LogP contribution in [0.3, 0.4) is 0 Å². The highest BCUT2D eigenvalue weighted by Gasteiger charge is 2.18. The Morgan fingerprint density at radius 1 is 1.28 bits per heavy atom. The second kappa shape index (κ2) is 6.07. The van der Waals surface area contributed by atoms with Gasteiger partial charge in [0, 0.05) is 16.2 Å². The number of nitrogens with two attached hydrogens (primary N) is 1. The molecular weight excluding hydrogens is 245 g/mol. The molecule has 3 heteroatoms. The Balaban J connectivity index is 2.21. The van der Waals surface area contributed by atoms with E-state index in [4.69, 9.17) is 5.73 Å². The molecule has 1 fully saturated rings. The molecular formula is C15H22FNS. The van der Waals surface area contributed by atoms with Crippen molar-refractivity contribution in [3.63, 3.8) is 0 Å². The average Bonchev–Trinajstić information content (AvgIpc) is 2.34. The van der Waals surface area contributed by atoms with Gasteiger partial charge in [-0.2, -0.15) is 0 Å². The molecule has 2 rings (SSSR count). The molecule has 1 aromatic carbocycles. The van der Waals surface area contributed by atoms with E-state index in [1.54, 1.807) is 6.07 Å². The van der Waals surface area contributed by atoms with Crippen molar-refractivity contribution in [2.45, 2.75) is 62.1 Å². The lowest BCUT2D eigenvalue weighted by molar-refractivity contribution is 0.516. The van der Waals surface area contributed by atoms with Crippen LogP contribution in [0, 0.1) is 12.7 Å². The maximum atomic E-state index is 13.6. The summed E-state index contributed by atoms with van der Waals surface area (Å²) in [5, 5.41) is 0.682. The molecule has 0 aliphatic heterocycles. The van der Waals surface area contributed by atoms with Crippen molar-refractivity contribution in [2.24, 2.45) is 5.73 Å². The van der Waals surface area contributed by atoms with Gasteiger partial charge in [-0.05, 0) is 49.9 Å². The van der Waals surface area contributed by atoms with Crippen LogP contribution in [0.1, 0.15) is 56.2 Å². The number of rotatable bonds is 3. The van der Waals surface area contributed by atoms with Crippen LogP contribution < -0.4 is 5.73 Å². The van der Waals surface area contributed by atoms with Gasteiger partial charge in [0.05, 0.1) is 0 Å². The zero-order chi connectivity index (χ0) is 13.1. The van der Waals surface area contributed by atoms with Crippen LogP contribution in [-0.4, -0.2) is 5.25 Å². The molecule has 1 saturated carbocycles. The SMILES string of the molecule is Cc1cc(SC2CCCCC2)c([C@H](C)N)cc1F. The lowest BCUT2D eigenvalue weighted by Crippen LogP contribution is -2.11. The Labute approximate surface area is 113 Å². The van der Waals surface area contributed by atoms with Crippen LogP contribution in [-0.2, 0) is 0 Å². The fraction of sp³-hybridized carbons (Fsp3) is 0.600. The van der Waals surface area contributed by atoms with Crippen LogP contribution in [0.15, 0.2) is 17.0 Å². The first-order valence-corrected chi connectivity index (χ1v) is 7.68. The Morgan fingerprint density at radius 2 is 1.94 bits per heavy atom. The van der Waals surface area contributed by atoms with Crippen molar-refractivity contribution in [3.05, 3.63) is 29.1 Å². The smallest absolute Gasteiger partial charge is 0.126 e. The number of halogens is 1. The highest BCUT2D eigenvalue weighted by molar-refractivity contribution is 8.00. The number of aryl methyl sites for hydroxylation is 1. The van der Waals surface area contributed by atoms with E-state index in [9.17, 15) is 4.39 Å². The van der Waals surface area contributed by atoms with Gasteiger partial charge in [-0.1, -0.05) is 19.3 Å². The van der Waals surface area contributed by atoms with E-state index >= 15 is 0 Å². The van der Waals surface area contributed by atoms with E-state index in [2.05, 4.69) is 0 Å². The molecule has 18 heavy (non-hydrogen) atoms. The Bertz CT molecular complexity index is 411. The Kier molecular flexibility index (Phi) is 4.68. The first kappa shape index (κ1) is 13.9. The Morgan fingerprint density at radius 3 is 2.56 bits per heavy atom. The molecule has 1 aliphatic carbocycles. The van der Waals surface area contributed by atoms with Crippen molar-refractivity contribution in [3.8, 4) is 0 Å². The summed E-state index contributed by atoms with van der Waals surface area (Å²) in [7, 11) is 0. The molecule has 1 aliphatic rings. The standard InChI is InChI=1S/C15H22FNS/c1-10-8-15(13(11(2)17)9-14(10)16)18-12-6-4-3-5-7-12/h8-9,11-12H,3-7,17H2,1-2H3/t11-/m0/s1. The summed E-state index contributed by atoms with van der Waals surface area (Å²) >= 11 is 1.90. The lowest BCUT2D eigenvalue weighted by Gasteiger charge is -2.23. The minimum Gasteiger partial charge on any atom is -0.324 e. The molecule has 0 aromatic heterocycles. The summed E-state index contributed by atoms with van der Waals surface area (Å²) in [4.78, 5) is 1.18. The van der Waals surface area contributed by atoms with Gasteiger partial charge in [-0.25, -0.2) is 4.39 Å². The van der Waals surface area contributed by atoms with Gasteiger partial charge in [-0.15, -0.1) is 11.8 Å². The molecule has 0 unspecified atom stereocenters. The quantitative estimate of drug-likeness (QED) is 0.867. The maximum Gasteiger partial charge on any atom is 0.126 e. The van der Waals surface area contributed by atoms with Gasteiger partial charge in [0.15, 0.2) is 0 Å². The predicted molar refractivity (Wildman–Crippen MR) is 76.5 cm³/mol. The van der Waals surface area contributed by atoms with Crippen LogP contribution in [0.4, 0.5) is 4.39 Å². The van der Waals surface area contributed by atoms with E-state index in [1.807, 2.05) is 31.7 Å². The molecule has 0 heterocycles. The molecule has 0 saturated heterocycles. The third kappa shape index (κ3) is 3.27. The number of thioether (sulfide) groups is 1.